The first-order valence-corrected chi connectivity index (χ1v) is 8.94. The van der Waals surface area contributed by atoms with Crippen molar-refractivity contribution in [2.75, 3.05) is 0 Å². The van der Waals surface area contributed by atoms with Crippen molar-refractivity contribution in [1.29, 1.82) is 0 Å². The summed E-state index contributed by atoms with van der Waals surface area (Å²) in [5, 5.41) is 0.647. The van der Waals surface area contributed by atoms with Crippen molar-refractivity contribution < 1.29 is 0 Å². The van der Waals surface area contributed by atoms with E-state index in [1.165, 1.54) is 0 Å². The number of hydrogen-bond acceptors (Lipinski definition) is 3. The minimum atomic E-state index is -0.218. The normalized spacial score (nSPS) is 18.1. The zero-order valence-electron chi connectivity index (χ0n) is 14.6. The second-order valence-corrected chi connectivity index (χ2v) is 6.98. The first-order valence-electron chi connectivity index (χ1n) is 8.56. The van der Waals surface area contributed by atoms with Crippen LogP contribution in [0.15, 0.2) is 64.4 Å². The van der Waals surface area contributed by atoms with Crippen molar-refractivity contribution in [3.05, 3.63) is 92.6 Å². The van der Waals surface area contributed by atoms with Gasteiger partial charge in [0.2, 0.25) is 0 Å². The molecule has 0 saturated carbocycles. The molecule has 0 amide bonds. The van der Waals surface area contributed by atoms with Crippen LogP contribution < -0.4 is 5.56 Å². The summed E-state index contributed by atoms with van der Waals surface area (Å²) in [4.78, 5) is 21.1. The molecular weight excluding hydrogens is 346 g/mol. The standard InChI is InChI=1S/C21H18ClN3O/c1-13-10-19-24-20(26)11-14(2)25(19)18-9-8-16(22)12-17(18)21(23-13)15-6-4-3-5-7-15/h3-9,11-13H,10H2,1-2H3/b23-21-. The van der Waals surface area contributed by atoms with Gasteiger partial charge < -0.3 is 4.57 Å². The Labute approximate surface area is 156 Å². The van der Waals surface area contributed by atoms with Crippen LogP contribution in [0.25, 0.3) is 5.69 Å². The summed E-state index contributed by atoms with van der Waals surface area (Å²) in [5.74, 6) is 0.724. The fourth-order valence-electron chi connectivity index (χ4n) is 3.44. The van der Waals surface area contributed by atoms with Crippen molar-refractivity contribution in [2.24, 2.45) is 4.99 Å². The Hall–Kier alpha value is -2.72. The van der Waals surface area contributed by atoms with E-state index in [4.69, 9.17) is 16.6 Å². The quantitative estimate of drug-likeness (QED) is 0.656. The Morgan fingerprint density at radius 1 is 1.12 bits per heavy atom. The first-order chi connectivity index (χ1) is 12.5. The van der Waals surface area contributed by atoms with E-state index in [0.29, 0.717) is 11.4 Å². The monoisotopic (exact) mass is 363 g/mol. The molecule has 2 heterocycles. The molecule has 1 aliphatic rings. The van der Waals surface area contributed by atoms with E-state index in [0.717, 1.165) is 34.0 Å². The number of hydrogen-bond donors (Lipinski definition) is 0. The Morgan fingerprint density at radius 3 is 2.65 bits per heavy atom. The fourth-order valence-corrected chi connectivity index (χ4v) is 3.61. The predicted octanol–water partition coefficient (Wildman–Crippen LogP) is 3.98. The van der Waals surface area contributed by atoms with Crippen molar-refractivity contribution in [1.82, 2.24) is 9.55 Å². The lowest BCUT2D eigenvalue weighted by Gasteiger charge is -2.24. The highest BCUT2D eigenvalue weighted by molar-refractivity contribution is 6.31. The van der Waals surface area contributed by atoms with Crippen molar-refractivity contribution in [3.63, 3.8) is 0 Å². The number of aryl methyl sites for hydroxylation is 1. The van der Waals surface area contributed by atoms with E-state index in [1.54, 1.807) is 6.07 Å². The van der Waals surface area contributed by atoms with Crippen LogP contribution in [0.2, 0.25) is 5.02 Å². The summed E-state index contributed by atoms with van der Waals surface area (Å²) in [6, 6.07) is 17.4. The smallest absolute Gasteiger partial charge is 0.273 e. The van der Waals surface area contributed by atoms with Gasteiger partial charge >= 0.3 is 0 Å². The van der Waals surface area contributed by atoms with Gasteiger partial charge in [-0.2, -0.15) is 4.98 Å². The molecular formula is C21H18ClN3O. The molecule has 0 saturated heterocycles. The van der Waals surface area contributed by atoms with Gasteiger partial charge in [-0.25, -0.2) is 0 Å². The second-order valence-electron chi connectivity index (χ2n) is 6.55. The van der Waals surface area contributed by atoms with E-state index < -0.39 is 0 Å². The highest BCUT2D eigenvalue weighted by atomic mass is 35.5. The molecule has 0 aliphatic carbocycles. The molecule has 26 heavy (non-hydrogen) atoms. The highest BCUT2D eigenvalue weighted by Gasteiger charge is 2.22. The van der Waals surface area contributed by atoms with Crippen LogP contribution in [-0.2, 0) is 6.42 Å². The van der Waals surface area contributed by atoms with Crippen LogP contribution in [0.3, 0.4) is 0 Å². The largest absolute Gasteiger partial charge is 0.302 e. The van der Waals surface area contributed by atoms with Crippen LogP contribution in [0.1, 0.15) is 29.6 Å². The molecule has 130 valence electrons. The fraction of sp³-hybridized carbons (Fsp3) is 0.190. The molecule has 0 N–H and O–H groups in total. The van der Waals surface area contributed by atoms with E-state index in [9.17, 15) is 4.79 Å². The van der Waals surface area contributed by atoms with Gasteiger partial charge in [-0.3, -0.25) is 9.79 Å². The molecule has 4 nitrogen and oxygen atoms in total. The van der Waals surface area contributed by atoms with Crippen LogP contribution in [0.4, 0.5) is 0 Å². The minimum Gasteiger partial charge on any atom is -0.302 e. The minimum absolute atomic E-state index is 0.0164. The molecule has 4 rings (SSSR count). The third kappa shape index (κ3) is 2.97. The van der Waals surface area contributed by atoms with Crippen LogP contribution in [0, 0.1) is 6.92 Å². The maximum atomic E-state index is 11.9. The third-order valence-corrected chi connectivity index (χ3v) is 4.75. The average Bonchev–Trinajstić information content (AvgIpc) is 2.60. The van der Waals surface area contributed by atoms with Crippen molar-refractivity contribution >= 4 is 17.3 Å². The molecule has 0 fully saturated rings. The number of nitrogens with zero attached hydrogens (tertiary/aromatic N) is 3. The topological polar surface area (TPSA) is 47.2 Å². The summed E-state index contributed by atoms with van der Waals surface area (Å²) in [6.45, 7) is 3.97. The maximum Gasteiger partial charge on any atom is 0.273 e. The summed E-state index contributed by atoms with van der Waals surface area (Å²) in [6.07, 6.45) is 0.593. The molecule has 3 aromatic rings. The number of rotatable bonds is 1. The summed E-state index contributed by atoms with van der Waals surface area (Å²) in [5.41, 5.74) is 4.45. The Bertz CT molecular complexity index is 1070. The van der Waals surface area contributed by atoms with E-state index >= 15 is 0 Å². The van der Waals surface area contributed by atoms with E-state index in [-0.39, 0.29) is 11.6 Å². The number of benzene rings is 2. The Balaban J connectivity index is 2.07. The van der Waals surface area contributed by atoms with Gasteiger partial charge in [0, 0.05) is 34.3 Å². The number of halogens is 1. The average molecular weight is 364 g/mol. The summed E-state index contributed by atoms with van der Waals surface area (Å²) < 4.78 is 2.04. The van der Waals surface area contributed by atoms with Crippen molar-refractivity contribution in [2.45, 2.75) is 26.3 Å². The van der Waals surface area contributed by atoms with Crippen molar-refractivity contribution in [3.8, 4) is 5.69 Å². The van der Waals surface area contributed by atoms with Crippen LogP contribution >= 0.6 is 11.6 Å². The van der Waals surface area contributed by atoms with Crippen LogP contribution in [-0.4, -0.2) is 21.3 Å². The predicted molar refractivity (Wildman–Crippen MR) is 105 cm³/mol. The Kier molecular flexibility index (Phi) is 4.21. The van der Waals surface area contributed by atoms with Gasteiger partial charge in [-0.1, -0.05) is 41.9 Å². The molecule has 0 radical (unpaired) electrons. The lowest BCUT2D eigenvalue weighted by molar-refractivity contribution is 0.665. The molecule has 5 heteroatoms. The van der Waals surface area contributed by atoms with Crippen LogP contribution in [0.5, 0.6) is 0 Å². The lowest BCUT2D eigenvalue weighted by atomic mass is 9.98. The highest BCUT2D eigenvalue weighted by Crippen LogP contribution is 2.27. The van der Waals surface area contributed by atoms with Gasteiger partial charge in [0.15, 0.2) is 0 Å². The molecule has 1 aromatic heterocycles. The summed E-state index contributed by atoms with van der Waals surface area (Å²) in [7, 11) is 0. The van der Waals surface area contributed by atoms with E-state index in [2.05, 4.69) is 17.1 Å². The zero-order valence-corrected chi connectivity index (χ0v) is 15.4. The number of aromatic nitrogens is 2. The molecule has 1 atom stereocenters. The van der Waals surface area contributed by atoms with Gasteiger partial charge in [-0.05, 0) is 32.0 Å². The molecule has 1 unspecified atom stereocenters. The number of fused-ring (bicyclic) bond motifs is 3. The molecule has 0 spiro atoms. The lowest BCUT2D eigenvalue weighted by Crippen LogP contribution is -2.26. The van der Waals surface area contributed by atoms with Gasteiger partial charge in [0.05, 0.1) is 17.4 Å². The molecule has 2 aromatic carbocycles. The number of aliphatic imine (C=N–C) groups is 1. The second kappa shape index (κ2) is 6.54. The molecule has 0 bridgehead atoms. The zero-order chi connectivity index (χ0) is 18.3. The van der Waals surface area contributed by atoms with E-state index in [1.807, 2.05) is 54.8 Å². The van der Waals surface area contributed by atoms with Gasteiger partial charge in [-0.15, -0.1) is 0 Å². The summed E-state index contributed by atoms with van der Waals surface area (Å²) >= 11 is 6.32. The van der Waals surface area contributed by atoms with Gasteiger partial charge in [0.1, 0.15) is 5.82 Å². The SMILES string of the molecule is Cc1cc(=O)nc2n1-c1ccc(Cl)cc1/C(c1ccccc1)=N\C(C)C2. The van der Waals surface area contributed by atoms with Gasteiger partial charge in [0.25, 0.3) is 5.56 Å². The maximum absolute atomic E-state index is 11.9. The molecule has 1 aliphatic heterocycles. The third-order valence-electron chi connectivity index (χ3n) is 4.51. The Morgan fingerprint density at radius 2 is 1.88 bits per heavy atom. The first kappa shape index (κ1) is 16.7.